The van der Waals surface area contributed by atoms with Gasteiger partial charge in [-0.15, -0.1) is 0 Å². The molecule has 1 saturated carbocycles. The highest BCUT2D eigenvalue weighted by Crippen LogP contribution is 2.47. The smallest absolute Gasteiger partial charge is 0.0576 e. The highest BCUT2D eigenvalue weighted by molar-refractivity contribution is 5.69. The third kappa shape index (κ3) is 1.17. The molecule has 1 aliphatic heterocycles. The minimum absolute atomic E-state index is 0.568. The zero-order chi connectivity index (χ0) is 8.73. The fourth-order valence-electron chi connectivity index (χ4n) is 1.95. The molecule has 1 spiro atoms. The fraction of sp³-hybridized carbons (Fsp3) is 0.455. The second-order valence-corrected chi connectivity index (χ2v) is 4.25. The van der Waals surface area contributed by atoms with E-state index in [1.54, 1.807) is 0 Å². The van der Waals surface area contributed by atoms with Crippen molar-refractivity contribution in [2.45, 2.75) is 12.8 Å². The van der Waals surface area contributed by atoms with Crippen molar-refractivity contribution in [1.82, 2.24) is 0 Å². The molecular weight excluding hydrogens is 160 g/mol. The third-order valence-electron chi connectivity index (χ3n) is 3.19. The van der Waals surface area contributed by atoms with Crippen LogP contribution in [-0.2, 0) is 0 Å². The first-order chi connectivity index (χ1) is 6.38. The van der Waals surface area contributed by atoms with E-state index in [-0.39, 0.29) is 0 Å². The van der Waals surface area contributed by atoms with Crippen LogP contribution >= 0.6 is 0 Å². The van der Waals surface area contributed by atoms with Crippen LogP contribution in [0.5, 0.6) is 0 Å². The van der Waals surface area contributed by atoms with Crippen molar-refractivity contribution in [2.75, 3.05) is 23.7 Å². The van der Waals surface area contributed by atoms with Crippen LogP contribution in [0.25, 0.3) is 0 Å². The molecule has 1 fully saturated rings. The van der Waals surface area contributed by atoms with Crippen LogP contribution in [-0.4, -0.2) is 13.1 Å². The predicted molar refractivity (Wildman–Crippen MR) is 55.1 cm³/mol. The van der Waals surface area contributed by atoms with Gasteiger partial charge in [-0.2, -0.15) is 0 Å². The van der Waals surface area contributed by atoms with Crippen LogP contribution in [0.15, 0.2) is 24.3 Å². The van der Waals surface area contributed by atoms with Crippen molar-refractivity contribution < 1.29 is 0 Å². The molecule has 0 amide bonds. The summed E-state index contributed by atoms with van der Waals surface area (Å²) >= 11 is 0. The van der Waals surface area contributed by atoms with Crippen molar-refractivity contribution in [3.63, 3.8) is 0 Å². The topological polar surface area (TPSA) is 24.1 Å². The highest BCUT2D eigenvalue weighted by atomic mass is 15.0. The SMILES string of the molecule is c1ccc2c(c1)NCC1(CC1)CN2. The molecule has 13 heavy (non-hydrogen) atoms. The number of hydrogen-bond donors (Lipinski definition) is 2. The standard InChI is InChI=1S/C11H14N2/c1-2-4-10-9(3-1)12-7-11(5-6-11)8-13-10/h1-4,12-13H,5-8H2. The van der Waals surface area contributed by atoms with Gasteiger partial charge in [-0.05, 0) is 25.0 Å². The molecule has 1 aliphatic carbocycles. The summed E-state index contributed by atoms with van der Waals surface area (Å²) in [6.07, 6.45) is 2.75. The zero-order valence-corrected chi connectivity index (χ0v) is 7.64. The Morgan fingerprint density at radius 3 is 1.92 bits per heavy atom. The molecular formula is C11H14N2. The summed E-state index contributed by atoms with van der Waals surface area (Å²) in [5.41, 5.74) is 3.08. The summed E-state index contributed by atoms with van der Waals surface area (Å²) < 4.78 is 0. The van der Waals surface area contributed by atoms with Gasteiger partial charge in [0.1, 0.15) is 0 Å². The minimum atomic E-state index is 0.568. The number of benzene rings is 1. The molecule has 0 atom stereocenters. The van der Waals surface area contributed by atoms with Crippen molar-refractivity contribution in [3.05, 3.63) is 24.3 Å². The maximum atomic E-state index is 3.52. The van der Waals surface area contributed by atoms with Crippen LogP contribution < -0.4 is 10.6 Å². The molecule has 2 heteroatoms. The van der Waals surface area contributed by atoms with Crippen LogP contribution in [0.1, 0.15) is 12.8 Å². The number of nitrogens with one attached hydrogen (secondary N) is 2. The van der Waals surface area contributed by atoms with E-state index in [9.17, 15) is 0 Å². The third-order valence-corrected chi connectivity index (χ3v) is 3.19. The van der Waals surface area contributed by atoms with Crippen LogP contribution in [0.2, 0.25) is 0 Å². The number of hydrogen-bond acceptors (Lipinski definition) is 2. The van der Waals surface area contributed by atoms with E-state index in [1.807, 2.05) is 0 Å². The highest BCUT2D eigenvalue weighted by Gasteiger charge is 2.43. The lowest BCUT2D eigenvalue weighted by molar-refractivity contribution is 0.582. The molecule has 2 aliphatic rings. The van der Waals surface area contributed by atoms with E-state index in [4.69, 9.17) is 0 Å². The van der Waals surface area contributed by atoms with E-state index < -0.39 is 0 Å². The van der Waals surface area contributed by atoms with Gasteiger partial charge in [0.25, 0.3) is 0 Å². The van der Waals surface area contributed by atoms with Crippen LogP contribution in [0.4, 0.5) is 11.4 Å². The predicted octanol–water partition coefficient (Wildman–Crippen LogP) is 2.30. The number of anilines is 2. The molecule has 1 aromatic carbocycles. The van der Waals surface area contributed by atoms with Gasteiger partial charge in [0, 0.05) is 18.5 Å². The first-order valence-corrected chi connectivity index (χ1v) is 4.95. The number of fused-ring (bicyclic) bond motifs is 1. The number of rotatable bonds is 0. The van der Waals surface area contributed by atoms with Crippen LogP contribution in [0.3, 0.4) is 0 Å². The Bertz CT molecular complexity index is 300. The Labute approximate surface area is 78.3 Å². The lowest BCUT2D eigenvalue weighted by Gasteiger charge is -2.10. The molecule has 2 N–H and O–H groups in total. The molecule has 3 rings (SSSR count). The summed E-state index contributed by atoms with van der Waals surface area (Å²) in [5.74, 6) is 0. The minimum Gasteiger partial charge on any atom is -0.383 e. The normalized spacial score (nSPS) is 22.5. The number of para-hydroxylation sites is 2. The molecule has 68 valence electrons. The fourth-order valence-corrected chi connectivity index (χ4v) is 1.95. The second-order valence-electron chi connectivity index (χ2n) is 4.25. The molecule has 0 aromatic heterocycles. The molecule has 1 aromatic rings. The summed E-state index contributed by atoms with van der Waals surface area (Å²) in [7, 11) is 0. The Hall–Kier alpha value is -1.18. The first kappa shape index (κ1) is 7.25. The van der Waals surface area contributed by atoms with E-state index >= 15 is 0 Å². The van der Waals surface area contributed by atoms with Crippen molar-refractivity contribution in [3.8, 4) is 0 Å². The van der Waals surface area contributed by atoms with Gasteiger partial charge in [0.2, 0.25) is 0 Å². The van der Waals surface area contributed by atoms with E-state index in [2.05, 4.69) is 34.9 Å². The Morgan fingerprint density at radius 2 is 1.46 bits per heavy atom. The molecule has 2 nitrogen and oxygen atoms in total. The average molecular weight is 174 g/mol. The summed E-state index contributed by atoms with van der Waals surface area (Å²) in [5, 5.41) is 7.03. The molecule has 0 bridgehead atoms. The quantitative estimate of drug-likeness (QED) is 0.630. The van der Waals surface area contributed by atoms with Gasteiger partial charge in [0.15, 0.2) is 0 Å². The van der Waals surface area contributed by atoms with E-state index in [1.165, 1.54) is 24.2 Å². The van der Waals surface area contributed by atoms with Gasteiger partial charge in [-0.25, -0.2) is 0 Å². The van der Waals surface area contributed by atoms with Gasteiger partial charge < -0.3 is 10.6 Å². The second kappa shape index (κ2) is 2.41. The Balaban J connectivity index is 1.92. The molecule has 0 radical (unpaired) electrons. The summed E-state index contributed by atoms with van der Waals surface area (Å²) in [4.78, 5) is 0. The molecule has 0 saturated heterocycles. The monoisotopic (exact) mass is 174 g/mol. The van der Waals surface area contributed by atoms with Crippen LogP contribution in [0, 0.1) is 5.41 Å². The van der Waals surface area contributed by atoms with E-state index in [0.29, 0.717) is 5.41 Å². The van der Waals surface area contributed by atoms with Crippen molar-refractivity contribution in [1.29, 1.82) is 0 Å². The molecule has 0 unspecified atom stereocenters. The Morgan fingerprint density at radius 1 is 0.923 bits per heavy atom. The van der Waals surface area contributed by atoms with Gasteiger partial charge in [-0.3, -0.25) is 0 Å². The maximum absolute atomic E-state index is 3.52. The largest absolute Gasteiger partial charge is 0.383 e. The van der Waals surface area contributed by atoms with Crippen molar-refractivity contribution >= 4 is 11.4 Å². The van der Waals surface area contributed by atoms with Gasteiger partial charge in [0.05, 0.1) is 11.4 Å². The average Bonchev–Trinajstić information content (AvgIpc) is 2.96. The first-order valence-electron chi connectivity index (χ1n) is 4.95. The lowest BCUT2D eigenvalue weighted by Crippen LogP contribution is -2.19. The van der Waals surface area contributed by atoms with E-state index in [0.717, 1.165) is 13.1 Å². The Kier molecular flexibility index (Phi) is 1.34. The molecule has 1 heterocycles. The maximum Gasteiger partial charge on any atom is 0.0576 e. The van der Waals surface area contributed by atoms with Crippen molar-refractivity contribution in [2.24, 2.45) is 5.41 Å². The zero-order valence-electron chi connectivity index (χ0n) is 7.64. The summed E-state index contributed by atoms with van der Waals surface area (Å²) in [6, 6.07) is 8.45. The summed E-state index contributed by atoms with van der Waals surface area (Å²) in [6.45, 7) is 2.27. The van der Waals surface area contributed by atoms with Gasteiger partial charge in [-0.1, -0.05) is 12.1 Å². The van der Waals surface area contributed by atoms with Gasteiger partial charge >= 0.3 is 0 Å². The lowest BCUT2D eigenvalue weighted by atomic mass is 10.1.